The van der Waals surface area contributed by atoms with Crippen LogP contribution in [-0.4, -0.2) is 42.5 Å². The molecule has 1 aliphatic rings. The summed E-state index contributed by atoms with van der Waals surface area (Å²) in [5, 5.41) is 3.29. The third-order valence-electron chi connectivity index (χ3n) is 3.64. The second-order valence-electron chi connectivity index (χ2n) is 4.95. The van der Waals surface area contributed by atoms with Crippen LogP contribution in [0.15, 0.2) is 12.5 Å². The Hall–Kier alpha value is -0.910. The number of hydrogen-bond acceptors (Lipinski definition) is 4. The third-order valence-corrected chi connectivity index (χ3v) is 3.64. The van der Waals surface area contributed by atoms with Gasteiger partial charge < -0.3 is 19.4 Å². The molecule has 0 atom stereocenters. The summed E-state index contributed by atoms with van der Waals surface area (Å²) in [6.45, 7) is 3.28. The molecular formula is C13H23N3O2. The maximum atomic E-state index is 5.62. The topological polar surface area (TPSA) is 48.3 Å². The number of nitrogens with zero attached hydrogens (tertiary/aromatic N) is 2. The maximum absolute atomic E-state index is 5.62. The monoisotopic (exact) mass is 253 g/mol. The summed E-state index contributed by atoms with van der Waals surface area (Å²) in [5.74, 6) is 0. The van der Waals surface area contributed by atoms with Crippen molar-refractivity contribution in [2.45, 2.75) is 38.0 Å². The minimum Gasteiger partial charge on any atom is -0.383 e. The Morgan fingerprint density at radius 3 is 2.89 bits per heavy atom. The van der Waals surface area contributed by atoms with Crippen LogP contribution in [0.2, 0.25) is 0 Å². The van der Waals surface area contributed by atoms with Crippen molar-refractivity contribution in [1.82, 2.24) is 14.9 Å². The third kappa shape index (κ3) is 3.31. The van der Waals surface area contributed by atoms with Crippen LogP contribution in [0.5, 0.6) is 0 Å². The van der Waals surface area contributed by atoms with Gasteiger partial charge >= 0.3 is 0 Å². The molecule has 1 heterocycles. The van der Waals surface area contributed by atoms with Crippen LogP contribution >= 0.6 is 0 Å². The van der Waals surface area contributed by atoms with Crippen molar-refractivity contribution >= 4 is 0 Å². The zero-order chi connectivity index (χ0) is 12.8. The number of rotatable bonds is 8. The van der Waals surface area contributed by atoms with E-state index < -0.39 is 0 Å². The van der Waals surface area contributed by atoms with Gasteiger partial charge in [-0.15, -0.1) is 0 Å². The standard InChI is InChI=1S/C13H23N3O2/c1-17-7-6-14-8-12-9-16(11-15-12)10-13(18-2)4-3-5-13/h9,11,14H,3-8,10H2,1-2H3. The van der Waals surface area contributed by atoms with Gasteiger partial charge in [0.05, 0.1) is 30.8 Å². The molecule has 0 aliphatic heterocycles. The summed E-state index contributed by atoms with van der Waals surface area (Å²) in [6.07, 6.45) is 7.57. The lowest BCUT2D eigenvalue weighted by molar-refractivity contribution is -0.0835. The largest absolute Gasteiger partial charge is 0.383 e. The van der Waals surface area contributed by atoms with Crippen LogP contribution in [0.4, 0.5) is 0 Å². The van der Waals surface area contributed by atoms with Crippen molar-refractivity contribution < 1.29 is 9.47 Å². The highest BCUT2D eigenvalue weighted by atomic mass is 16.5. The van der Waals surface area contributed by atoms with E-state index >= 15 is 0 Å². The van der Waals surface area contributed by atoms with E-state index in [9.17, 15) is 0 Å². The van der Waals surface area contributed by atoms with Crippen molar-refractivity contribution in [2.75, 3.05) is 27.4 Å². The van der Waals surface area contributed by atoms with Crippen LogP contribution < -0.4 is 5.32 Å². The van der Waals surface area contributed by atoms with Crippen LogP contribution in [0.25, 0.3) is 0 Å². The van der Waals surface area contributed by atoms with Crippen molar-refractivity contribution in [3.05, 3.63) is 18.2 Å². The van der Waals surface area contributed by atoms with Gasteiger partial charge in [-0.05, 0) is 19.3 Å². The quantitative estimate of drug-likeness (QED) is 0.707. The summed E-state index contributed by atoms with van der Waals surface area (Å²) in [5.41, 5.74) is 1.12. The SMILES string of the molecule is COCCNCc1cn(CC2(OC)CCC2)cn1. The number of aromatic nitrogens is 2. The first-order valence-corrected chi connectivity index (χ1v) is 6.53. The molecule has 5 heteroatoms. The first-order valence-electron chi connectivity index (χ1n) is 6.53. The predicted octanol–water partition coefficient (Wildman–Crippen LogP) is 1.19. The fraction of sp³-hybridized carbons (Fsp3) is 0.769. The van der Waals surface area contributed by atoms with Gasteiger partial charge in [0.15, 0.2) is 0 Å². The van der Waals surface area contributed by atoms with E-state index in [2.05, 4.69) is 21.1 Å². The fourth-order valence-corrected chi connectivity index (χ4v) is 2.31. The van der Waals surface area contributed by atoms with Crippen molar-refractivity contribution in [3.63, 3.8) is 0 Å². The van der Waals surface area contributed by atoms with Gasteiger partial charge in [0.1, 0.15) is 0 Å². The Labute approximate surface area is 108 Å². The molecule has 0 saturated heterocycles. The molecular weight excluding hydrogens is 230 g/mol. The Balaban J connectivity index is 1.79. The van der Waals surface area contributed by atoms with Crippen molar-refractivity contribution in [2.24, 2.45) is 0 Å². The number of nitrogens with one attached hydrogen (secondary N) is 1. The number of imidazole rings is 1. The highest BCUT2D eigenvalue weighted by molar-refractivity contribution is 4.99. The first-order chi connectivity index (χ1) is 8.78. The van der Waals surface area contributed by atoms with E-state index in [0.29, 0.717) is 0 Å². The van der Waals surface area contributed by atoms with Crippen LogP contribution in [0.3, 0.4) is 0 Å². The zero-order valence-electron chi connectivity index (χ0n) is 11.3. The molecule has 0 radical (unpaired) electrons. The molecule has 0 spiro atoms. The summed E-state index contributed by atoms with van der Waals surface area (Å²) < 4.78 is 12.7. The first kappa shape index (κ1) is 13.5. The average molecular weight is 253 g/mol. The smallest absolute Gasteiger partial charge is 0.0950 e. The Bertz CT molecular complexity index is 355. The average Bonchev–Trinajstić information content (AvgIpc) is 2.77. The summed E-state index contributed by atoms with van der Waals surface area (Å²) in [7, 11) is 3.52. The van der Waals surface area contributed by atoms with Crippen molar-refractivity contribution in [3.8, 4) is 0 Å². The molecule has 102 valence electrons. The Kier molecular flexibility index (Phi) is 4.74. The molecule has 1 aromatic heterocycles. The van der Waals surface area contributed by atoms with Crippen LogP contribution in [0.1, 0.15) is 25.0 Å². The lowest BCUT2D eigenvalue weighted by Gasteiger charge is -2.40. The lowest BCUT2D eigenvalue weighted by atomic mass is 9.80. The van der Waals surface area contributed by atoms with Gasteiger partial charge in [0, 0.05) is 33.5 Å². The van der Waals surface area contributed by atoms with E-state index in [-0.39, 0.29) is 5.60 Å². The number of methoxy groups -OCH3 is 2. The molecule has 1 aromatic rings. The highest BCUT2D eigenvalue weighted by Gasteiger charge is 2.37. The zero-order valence-corrected chi connectivity index (χ0v) is 11.3. The second-order valence-corrected chi connectivity index (χ2v) is 4.95. The van der Waals surface area contributed by atoms with Gasteiger partial charge in [0.2, 0.25) is 0 Å². The van der Waals surface area contributed by atoms with Gasteiger partial charge in [-0.1, -0.05) is 0 Å². The minimum atomic E-state index is 0.0570. The molecule has 1 fully saturated rings. The van der Waals surface area contributed by atoms with Crippen LogP contribution in [0, 0.1) is 0 Å². The summed E-state index contributed by atoms with van der Waals surface area (Å²) in [4.78, 5) is 4.39. The van der Waals surface area contributed by atoms with E-state index in [4.69, 9.17) is 9.47 Å². The molecule has 5 nitrogen and oxygen atoms in total. The van der Waals surface area contributed by atoms with E-state index in [1.54, 1.807) is 7.11 Å². The van der Waals surface area contributed by atoms with Gasteiger partial charge in [-0.25, -0.2) is 4.98 Å². The Morgan fingerprint density at radius 2 is 2.28 bits per heavy atom. The summed E-state index contributed by atoms with van der Waals surface area (Å²) in [6, 6.07) is 0. The number of ether oxygens (including phenoxy) is 2. The van der Waals surface area contributed by atoms with E-state index in [1.807, 2.05) is 13.4 Å². The minimum absolute atomic E-state index is 0.0570. The van der Waals surface area contributed by atoms with Gasteiger partial charge in [-0.3, -0.25) is 0 Å². The second kappa shape index (κ2) is 6.31. The van der Waals surface area contributed by atoms with E-state index in [0.717, 1.165) is 44.8 Å². The molecule has 0 aromatic carbocycles. The molecule has 1 aliphatic carbocycles. The fourth-order valence-electron chi connectivity index (χ4n) is 2.31. The molecule has 0 unspecified atom stereocenters. The normalized spacial score (nSPS) is 17.7. The number of hydrogen-bond donors (Lipinski definition) is 1. The Morgan fingerprint density at radius 1 is 1.44 bits per heavy atom. The summed E-state index contributed by atoms with van der Waals surface area (Å²) >= 11 is 0. The molecule has 18 heavy (non-hydrogen) atoms. The van der Waals surface area contributed by atoms with Crippen molar-refractivity contribution in [1.29, 1.82) is 0 Å². The lowest BCUT2D eigenvalue weighted by Crippen LogP contribution is -2.42. The molecule has 0 amide bonds. The molecule has 2 rings (SSSR count). The van der Waals surface area contributed by atoms with Gasteiger partial charge in [0.25, 0.3) is 0 Å². The van der Waals surface area contributed by atoms with Gasteiger partial charge in [-0.2, -0.15) is 0 Å². The maximum Gasteiger partial charge on any atom is 0.0950 e. The van der Waals surface area contributed by atoms with E-state index in [1.165, 1.54) is 6.42 Å². The molecule has 0 bridgehead atoms. The van der Waals surface area contributed by atoms with Crippen LogP contribution in [-0.2, 0) is 22.6 Å². The molecule has 1 N–H and O–H groups in total. The molecule has 1 saturated carbocycles. The predicted molar refractivity (Wildman–Crippen MR) is 69.4 cm³/mol. The highest BCUT2D eigenvalue weighted by Crippen LogP contribution is 2.36.